The van der Waals surface area contributed by atoms with Crippen molar-refractivity contribution >= 4 is 22.5 Å². The number of halogens is 2. The average molecular weight is 400 g/mol. The number of rotatable bonds is 3. The van der Waals surface area contributed by atoms with Crippen molar-refractivity contribution in [2.45, 2.75) is 44.4 Å². The third-order valence-corrected chi connectivity index (χ3v) is 6.60. The first-order valence-corrected chi connectivity index (χ1v) is 10.2. The fourth-order valence-electron chi connectivity index (χ4n) is 5.05. The van der Waals surface area contributed by atoms with Crippen molar-refractivity contribution in [3.63, 3.8) is 0 Å². The fraction of sp³-hybridized carbons (Fsp3) is 0.409. The Hall–Kier alpha value is -1.95. The molecule has 2 aliphatic rings. The van der Waals surface area contributed by atoms with E-state index in [4.69, 9.17) is 11.6 Å². The van der Waals surface area contributed by atoms with Crippen LogP contribution in [0, 0.1) is 5.82 Å². The highest BCUT2D eigenvalue weighted by molar-refractivity contribution is 6.35. The molecule has 0 saturated carbocycles. The predicted octanol–water partition coefficient (Wildman–Crippen LogP) is 4.43. The van der Waals surface area contributed by atoms with Gasteiger partial charge in [0.15, 0.2) is 0 Å². The molecule has 1 N–H and O–H groups in total. The smallest absolute Gasteiger partial charge is 0.125 e. The van der Waals surface area contributed by atoms with Crippen LogP contribution in [0.3, 0.4) is 0 Å². The molecule has 0 aliphatic carbocycles. The van der Waals surface area contributed by atoms with E-state index in [1.54, 1.807) is 25.4 Å². The largest absolute Gasteiger partial charge is 0.384 e. The Balaban J connectivity index is 1.71. The minimum Gasteiger partial charge on any atom is -0.384 e. The van der Waals surface area contributed by atoms with Crippen molar-refractivity contribution in [3.8, 4) is 0 Å². The first kappa shape index (κ1) is 18.1. The molecule has 2 aromatic heterocycles. The molecule has 0 radical (unpaired) electrons. The van der Waals surface area contributed by atoms with E-state index in [2.05, 4.69) is 14.5 Å². The summed E-state index contributed by atoms with van der Waals surface area (Å²) in [5.74, 6) is -0.313. The van der Waals surface area contributed by atoms with E-state index in [9.17, 15) is 9.50 Å². The van der Waals surface area contributed by atoms with Crippen molar-refractivity contribution in [2.75, 3.05) is 13.1 Å². The molecule has 0 unspecified atom stereocenters. The number of fused-ring (bicyclic) bond motifs is 5. The van der Waals surface area contributed by atoms with Gasteiger partial charge < -0.3 is 9.67 Å². The molecule has 0 bridgehead atoms. The Morgan fingerprint density at radius 3 is 3.00 bits per heavy atom. The minimum atomic E-state index is -1.11. The van der Waals surface area contributed by atoms with E-state index >= 15 is 0 Å². The summed E-state index contributed by atoms with van der Waals surface area (Å²) in [5, 5.41) is 12.5. The molecule has 6 heteroatoms. The van der Waals surface area contributed by atoms with Crippen LogP contribution in [0.2, 0.25) is 5.02 Å². The van der Waals surface area contributed by atoms with E-state index in [0.717, 1.165) is 48.8 Å². The molecule has 0 amide bonds. The Labute approximate surface area is 168 Å². The van der Waals surface area contributed by atoms with Crippen LogP contribution in [-0.4, -0.2) is 32.6 Å². The van der Waals surface area contributed by atoms with Gasteiger partial charge in [0.25, 0.3) is 0 Å². The standard InChI is InChI=1S/C22H23ClFN3O/c1-22(28,14-4-2-7-25-12-14)13-27-19-6-9-26-8-3-5-18(26)20(19)16-10-15(24)11-17(23)21(16)27/h2,4,7,10-12,18,28H,3,5-6,8-9,13H2,1H3/t18-,22+/m0/s1. The summed E-state index contributed by atoms with van der Waals surface area (Å²) in [6, 6.07) is 7.00. The fourth-order valence-corrected chi connectivity index (χ4v) is 5.36. The first-order chi connectivity index (χ1) is 13.5. The van der Waals surface area contributed by atoms with E-state index in [-0.39, 0.29) is 5.82 Å². The highest BCUT2D eigenvalue weighted by Crippen LogP contribution is 2.45. The van der Waals surface area contributed by atoms with Crippen LogP contribution in [0.15, 0.2) is 36.7 Å². The van der Waals surface area contributed by atoms with E-state index in [1.807, 2.05) is 12.1 Å². The van der Waals surface area contributed by atoms with Crippen LogP contribution in [0.25, 0.3) is 10.9 Å². The molecule has 146 valence electrons. The van der Waals surface area contributed by atoms with Crippen LogP contribution in [0.4, 0.5) is 4.39 Å². The normalized spacial score (nSPS) is 21.5. The third-order valence-electron chi connectivity index (χ3n) is 6.31. The molecule has 1 saturated heterocycles. The maximum atomic E-state index is 14.3. The molecule has 3 aromatic rings. The second kappa shape index (κ2) is 6.55. The number of benzene rings is 1. The van der Waals surface area contributed by atoms with Crippen molar-refractivity contribution in [2.24, 2.45) is 0 Å². The molecule has 2 aliphatic heterocycles. The van der Waals surface area contributed by atoms with Crippen LogP contribution >= 0.6 is 11.6 Å². The molecule has 28 heavy (non-hydrogen) atoms. The zero-order valence-electron chi connectivity index (χ0n) is 15.8. The van der Waals surface area contributed by atoms with Gasteiger partial charge in [-0.25, -0.2) is 4.39 Å². The number of aliphatic hydroxyl groups is 1. The monoisotopic (exact) mass is 399 g/mol. The summed E-state index contributed by atoms with van der Waals surface area (Å²) >= 11 is 6.54. The second-order valence-corrected chi connectivity index (χ2v) is 8.60. The van der Waals surface area contributed by atoms with Gasteiger partial charge in [-0.3, -0.25) is 9.88 Å². The summed E-state index contributed by atoms with van der Waals surface area (Å²) in [6.45, 7) is 4.23. The van der Waals surface area contributed by atoms with Crippen LogP contribution < -0.4 is 0 Å². The van der Waals surface area contributed by atoms with Gasteiger partial charge >= 0.3 is 0 Å². The van der Waals surface area contributed by atoms with Crippen molar-refractivity contribution in [3.05, 3.63) is 64.3 Å². The summed E-state index contributed by atoms with van der Waals surface area (Å²) in [6.07, 6.45) is 6.51. The maximum Gasteiger partial charge on any atom is 0.125 e. The topological polar surface area (TPSA) is 41.3 Å². The lowest BCUT2D eigenvalue weighted by Crippen LogP contribution is -2.33. The van der Waals surface area contributed by atoms with Gasteiger partial charge in [-0.15, -0.1) is 0 Å². The number of hydrogen-bond donors (Lipinski definition) is 1. The minimum absolute atomic E-state index is 0.313. The van der Waals surface area contributed by atoms with Gasteiger partial charge in [0.1, 0.15) is 11.4 Å². The SMILES string of the molecule is C[C@@](O)(Cn1c2c(c3cc(F)cc(Cl)c31)[C@@H]1CCCN1CC2)c1cccnc1. The number of nitrogens with zero attached hydrogens (tertiary/aromatic N) is 3. The summed E-state index contributed by atoms with van der Waals surface area (Å²) in [5.41, 5.74) is 2.84. The third kappa shape index (κ3) is 2.76. The zero-order chi connectivity index (χ0) is 19.5. The van der Waals surface area contributed by atoms with Gasteiger partial charge in [0.2, 0.25) is 0 Å². The maximum absolute atomic E-state index is 14.3. The first-order valence-electron chi connectivity index (χ1n) is 9.82. The predicted molar refractivity (Wildman–Crippen MR) is 108 cm³/mol. The molecule has 0 spiro atoms. The van der Waals surface area contributed by atoms with E-state index < -0.39 is 5.60 Å². The van der Waals surface area contributed by atoms with Crippen LogP contribution in [-0.2, 0) is 18.6 Å². The van der Waals surface area contributed by atoms with Crippen LogP contribution in [0.1, 0.15) is 42.6 Å². The molecule has 2 atom stereocenters. The van der Waals surface area contributed by atoms with E-state index in [0.29, 0.717) is 17.6 Å². The molecular formula is C22H23ClFN3O. The zero-order valence-corrected chi connectivity index (χ0v) is 16.6. The summed E-state index contributed by atoms with van der Waals surface area (Å²) < 4.78 is 16.4. The van der Waals surface area contributed by atoms with Gasteiger partial charge in [-0.1, -0.05) is 17.7 Å². The summed E-state index contributed by atoms with van der Waals surface area (Å²) in [7, 11) is 0. The van der Waals surface area contributed by atoms with E-state index in [1.165, 1.54) is 17.3 Å². The lowest BCUT2D eigenvalue weighted by Gasteiger charge is -2.32. The molecule has 1 fully saturated rings. The van der Waals surface area contributed by atoms with Gasteiger partial charge in [-0.2, -0.15) is 0 Å². The number of pyridine rings is 1. The Kier molecular flexibility index (Phi) is 4.23. The molecule has 1 aromatic carbocycles. The van der Waals surface area contributed by atoms with Gasteiger partial charge in [0, 0.05) is 48.0 Å². The Bertz CT molecular complexity index is 1050. The van der Waals surface area contributed by atoms with Gasteiger partial charge in [0.05, 0.1) is 17.1 Å². The molecule has 4 nitrogen and oxygen atoms in total. The Morgan fingerprint density at radius 1 is 1.36 bits per heavy atom. The van der Waals surface area contributed by atoms with Crippen molar-refractivity contribution < 1.29 is 9.50 Å². The quantitative estimate of drug-likeness (QED) is 0.708. The molecule has 4 heterocycles. The lowest BCUT2D eigenvalue weighted by molar-refractivity contribution is 0.0380. The van der Waals surface area contributed by atoms with Crippen LogP contribution in [0.5, 0.6) is 0 Å². The number of hydrogen-bond acceptors (Lipinski definition) is 3. The molecular weight excluding hydrogens is 377 g/mol. The highest BCUT2D eigenvalue weighted by atomic mass is 35.5. The van der Waals surface area contributed by atoms with Gasteiger partial charge in [-0.05, 0) is 50.1 Å². The highest BCUT2D eigenvalue weighted by Gasteiger charge is 2.37. The number of aromatic nitrogens is 2. The average Bonchev–Trinajstić information content (AvgIpc) is 3.25. The van der Waals surface area contributed by atoms with Crippen molar-refractivity contribution in [1.29, 1.82) is 0 Å². The van der Waals surface area contributed by atoms with Crippen molar-refractivity contribution in [1.82, 2.24) is 14.5 Å². The lowest BCUT2D eigenvalue weighted by atomic mass is 9.95. The Morgan fingerprint density at radius 2 is 2.21 bits per heavy atom. The molecule has 5 rings (SSSR count). The summed E-state index contributed by atoms with van der Waals surface area (Å²) in [4.78, 5) is 6.64. The second-order valence-electron chi connectivity index (χ2n) is 8.19.